The summed E-state index contributed by atoms with van der Waals surface area (Å²) in [6.07, 6.45) is 0.364. The molecule has 32 heavy (non-hydrogen) atoms. The van der Waals surface area contributed by atoms with Gasteiger partial charge in [-0.25, -0.2) is 5.01 Å². The van der Waals surface area contributed by atoms with E-state index in [9.17, 15) is 0 Å². The van der Waals surface area contributed by atoms with Crippen molar-refractivity contribution in [1.82, 2.24) is 5.01 Å². The molecule has 2 aliphatic rings. The number of benzene rings is 3. The van der Waals surface area contributed by atoms with Crippen LogP contribution in [0.1, 0.15) is 60.7 Å². The number of rotatable bonds is 4. The van der Waals surface area contributed by atoms with E-state index >= 15 is 0 Å². The van der Waals surface area contributed by atoms with Gasteiger partial charge in [0.25, 0.3) is 0 Å². The molecule has 0 radical (unpaired) electrons. The van der Waals surface area contributed by atoms with E-state index in [0.717, 1.165) is 34.6 Å². The number of halogens is 2. The maximum absolute atomic E-state index is 6.56. The minimum atomic E-state index is -0.372. The van der Waals surface area contributed by atoms with Gasteiger partial charge in [-0.15, -0.1) is 0 Å². The lowest BCUT2D eigenvalue weighted by molar-refractivity contribution is -0.0189. The first-order valence-corrected chi connectivity index (χ1v) is 11.5. The van der Waals surface area contributed by atoms with Crippen molar-refractivity contribution in [1.29, 1.82) is 0 Å². The number of hydrogen-bond donors (Lipinski definition) is 0. The molecule has 6 heteroatoms. The van der Waals surface area contributed by atoms with E-state index in [-0.39, 0.29) is 12.3 Å². The van der Waals surface area contributed by atoms with Gasteiger partial charge in [-0.1, -0.05) is 61.3 Å². The van der Waals surface area contributed by atoms with Crippen molar-refractivity contribution < 1.29 is 9.47 Å². The molecule has 3 aromatic carbocycles. The van der Waals surface area contributed by atoms with Crippen LogP contribution < -0.4 is 9.47 Å². The largest absolute Gasteiger partial charge is 0.497 e. The molecule has 4 nitrogen and oxygen atoms in total. The second kappa shape index (κ2) is 8.34. The smallest absolute Gasteiger partial charge is 0.213 e. The van der Waals surface area contributed by atoms with Crippen LogP contribution in [0.25, 0.3) is 0 Å². The van der Waals surface area contributed by atoms with Crippen LogP contribution in [0, 0.1) is 0 Å². The highest BCUT2D eigenvalue weighted by atomic mass is 35.5. The predicted molar refractivity (Wildman–Crippen MR) is 129 cm³/mol. The molecule has 0 amide bonds. The molecular weight excluding hydrogens is 443 g/mol. The summed E-state index contributed by atoms with van der Waals surface area (Å²) in [4.78, 5) is 0. The zero-order valence-electron chi connectivity index (χ0n) is 18.2. The fourth-order valence-electron chi connectivity index (χ4n) is 4.34. The first kappa shape index (κ1) is 21.2. The van der Waals surface area contributed by atoms with Gasteiger partial charge >= 0.3 is 0 Å². The number of methoxy groups -OCH3 is 1. The summed E-state index contributed by atoms with van der Waals surface area (Å²) in [6.45, 7) is 4.38. The normalized spacial score (nSPS) is 19.3. The van der Waals surface area contributed by atoms with Gasteiger partial charge in [0, 0.05) is 22.6 Å². The third-order valence-corrected chi connectivity index (χ3v) is 6.62. The van der Waals surface area contributed by atoms with E-state index in [1.165, 1.54) is 5.56 Å². The Kier molecular flexibility index (Phi) is 5.52. The minimum Gasteiger partial charge on any atom is -0.497 e. The molecule has 2 heterocycles. The quantitative estimate of drug-likeness (QED) is 0.402. The summed E-state index contributed by atoms with van der Waals surface area (Å²) in [7, 11) is 1.67. The standard InChI is InChI=1S/C26H24Cl2N2O2/c1-15(2)16-4-6-18(7-5-16)26-30-24(21-12-19(27)13-22(28)25(21)32-26)14-23(29-30)17-8-10-20(31-3)11-9-17/h4-13,15,24,26H,14H2,1-3H3/t24-,26-/m0/s1. The number of nitrogens with zero attached hydrogens (tertiary/aromatic N) is 2. The van der Waals surface area contributed by atoms with E-state index < -0.39 is 0 Å². The summed E-state index contributed by atoms with van der Waals surface area (Å²) >= 11 is 12.9. The van der Waals surface area contributed by atoms with Crippen LogP contribution in [-0.2, 0) is 0 Å². The monoisotopic (exact) mass is 466 g/mol. The number of hydrogen-bond acceptors (Lipinski definition) is 4. The molecule has 0 aliphatic carbocycles. The molecule has 0 N–H and O–H groups in total. The van der Waals surface area contributed by atoms with Crippen LogP contribution in [0.15, 0.2) is 65.8 Å². The molecule has 0 bridgehead atoms. The van der Waals surface area contributed by atoms with Gasteiger partial charge in [0.15, 0.2) is 0 Å². The summed E-state index contributed by atoms with van der Waals surface area (Å²) < 4.78 is 11.7. The van der Waals surface area contributed by atoms with Crippen molar-refractivity contribution in [2.24, 2.45) is 5.10 Å². The molecule has 0 saturated heterocycles. The summed E-state index contributed by atoms with van der Waals surface area (Å²) in [5.41, 5.74) is 5.34. The number of hydrazone groups is 1. The second-order valence-electron chi connectivity index (χ2n) is 8.47. The first-order chi connectivity index (χ1) is 15.4. The highest BCUT2D eigenvalue weighted by Crippen LogP contribution is 2.50. The summed E-state index contributed by atoms with van der Waals surface area (Å²) in [6, 6.07) is 20.2. The van der Waals surface area contributed by atoms with Crippen LogP contribution in [0.3, 0.4) is 0 Å². The van der Waals surface area contributed by atoms with Crippen LogP contribution in [0.5, 0.6) is 11.5 Å². The maximum Gasteiger partial charge on any atom is 0.213 e. The molecule has 2 aliphatic heterocycles. The SMILES string of the molecule is COc1ccc(C2=NN3[C@@H](C2)c2cc(Cl)cc(Cl)c2O[C@H]3c2ccc(C(C)C)cc2)cc1. The fraction of sp³-hybridized carbons (Fsp3) is 0.269. The lowest BCUT2D eigenvalue weighted by Crippen LogP contribution is -2.33. The average Bonchev–Trinajstić information content (AvgIpc) is 3.25. The van der Waals surface area contributed by atoms with Gasteiger partial charge in [-0.3, -0.25) is 0 Å². The molecule has 0 aromatic heterocycles. The van der Waals surface area contributed by atoms with Gasteiger partial charge in [0.2, 0.25) is 6.23 Å². The Morgan fingerprint density at radius 3 is 2.41 bits per heavy atom. The van der Waals surface area contributed by atoms with Crippen LogP contribution in [0.2, 0.25) is 10.0 Å². The molecule has 0 saturated carbocycles. The van der Waals surface area contributed by atoms with Crippen molar-refractivity contribution in [2.75, 3.05) is 7.11 Å². The Balaban J connectivity index is 1.57. The Hall–Kier alpha value is -2.69. The van der Waals surface area contributed by atoms with Gasteiger partial charge < -0.3 is 9.47 Å². The maximum atomic E-state index is 6.56. The van der Waals surface area contributed by atoms with E-state index in [1.807, 2.05) is 35.3 Å². The zero-order valence-corrected chi connectivity index (χ0v) is 19.7. The van der Waals surface area contributed by atoms with Gasteiger partial charge in [0.05, 0.1) is 23.9 Å². The van der Waals surface area contributed by atoms with Crippen LogP contribution >= 0.6 is 23.2 Å². The van der Waals surface area contributed by atoms with Gasteiger partial charge in [-0.2, -0.15) is 5.10 Å². The molecule has 0 spiro atoms. The molecule has 5 rings (SSSR count). The van der Waals surface area contributed by atoms with Crippen molar-refractivity contribution in [2.45, 2.75) is 38.5 Å². The fourth-order valence-corrected chi connectivity index (χ4v) is 4.89. The number of fused-ring (bicyclic) bond motifs is 3. The van der Waals surface area contributed by atoms with Gasteiger partial charge in [-0.05, 0) is 53.4 Å². The molecule has 0 unspecified atom stereocenters. The highest BCUT2D eigenvalue weighted by molar-refractivity contribution is 6.35. The van der Waals surface area contributed by atoms with E-state index in [0.29, 0.717) is 21.7 Å². The van der Waals surface area contributed by atoms with Crippen LogP contribution in [0.4, 0.5) is 0 Å². The lowest BCUT2D eigenvalue weighted by Gasteiger charge is -2.38. The van der Waals surface area contributed by atoms with Crippen LogP contribution in [-0.4, -0.2) is 17.8 Å². The Morgan fingerprint density at radius 2 is 1.75 bits per heavy atom. The second-order valence-corrected chi connectivity index (χ2v) is 9.32. The van der Waals surface area contributed by atoms with Crippen molar-refractivity contribution in [3.63, 3.8) is 0 Å². The number of ether oxygens (including phenoxy) is 2. The predicted octanol–water partition coefficient (Wildman–Crippen LogP) is 7.37. The molecule has 164 valence electrons. The lowest BCUT2D eigenvalue weighted by atomic mass is 9.95. The van der Waals surface area contributed by atoms with Crippen molar-refractivity contribution in [3.05, 3.63) is 93.0 Å². The minimum absolute atomic E-state index is 0.0122. The summed E-state index contributed by atoms with van der Waals surface area (Å²) in [5.74, 6) is 1.97. The first-order valence-electron chi connectivity index (χ1n) is 10.7. The topological polar surface area (TPSA) is 34.1 Å². The Labute approximate surface area is 198 Å². The third-order valence-electron chi connectivity index (χ3n) is 6.12. The average molecular weight is 467 g/mol. The van der Waals surface area contributed by atoms with Crippen molar-refractivity contribution >= 4 is 28.9 Å². The molecule has 2 atom stereocenters. The summed E-state index contributed by atoms with van der Waals surface area (Å²) in [5, 5.41) is 8.16. The van der Waals surface area contributed by atoms with Gasteiger partial charge in [0.1, 0.15) is 11.5 Å². The Morgan fingerprint density at radius 1 is 1.03 bits per heavy atom. The van der Waals surface area contributed by atoms with E-state index in [1.54, 1.807) is 13.2 Å². The molecular formula is C26H24Cl2N2O2. The molecule has 3 aromatic rings. The Bertz CT molecular complexity index is 1170. The highest BCUT2D eigenvalue weighted by Gasteiger charge is 2.42. The van der Waals surface area contributed by atoms with E-state index in [2.05, 4.69) is 38.1 Å². The molecule has 0 fully saturated rings. The van der Waals surface area contributed by atoms with Crippen molar-refractivity contribution in [3.8, 4) is 11.5 Å². The zero-order chi connectivity index (χ0) is 22.4. The van der Waals surface area contributed by atoms with E-state index in [4.69, 9.17) is 37.8 Å². The third kappa shape index (κ3) is 3.72.